The molecule has 96 valence electrons. The van der Waals surface area contributed by atoms with Crippen molar-refractivity contribution in [2.45, 2.75) is 6.42 Å². The second kappa shape index (κ2) is 3.84. The number of aromatic nitrogens is 2. The molecule has 2 aliphatic rings. The smallest absolute Gasteiger partial charge is 0.311 e. The molecule has 2 heterocycles. The number of rotatable bonds is 2. The summed E-state index contributed by atoms with van der Waals surface area (Å²) in [5.41, 5.74) is 0.229. The molecule has 0 aliphatic carbocycles. The highest BCUT2D eigenvalue weighted by Crippen LogP contribution is 2.32. The molecule has 0 spiro atoms. The Balaban J connectivity index is 2.42. The zero-order valence-electron chi connectivity index (χ0n) is 9.51. The molecule has 0 radical (unpaired) electrons. The van der Waals surface area contributed by atoms with Crippen LogP contribution in [-0.2, 0) is 11.2 Å². The number of hydrogen-bond donors (Lipinski definition) is 3. The first-order valence-corrected chi connectivity index (χ1v) is 5.41. The van der Waals surface area contributed by atoms with Crippen LogP contribution in [0, 0.1) is 0 Å². The number of carboxylic acids is 1. The van der Waals surface area contributed by atoms with E-state index in [-0.39, 0.29) is 17.1 Å². The standard InChI is InChI=1S/C12H8N2O5/c15-5-1-2-7-6(3-5)11-10(12(18)14-13-11)8(19-7)4-9(16)17/h1-3,15H,4H2,(H,14,18)(H,16,17). The molecule has 7 nitrogen and oxygen atoms in total. The highest BCUT2D eigenvalue weighted by Gasteiger charge is 2.23. The number of phenols is 1. The summed E-state index contributed by atoms with van der Waals surface area (Å²) < 4.78 is 5.43. The molecule has 0 saturated heterocycles. The van der Waals surface area contributed by atoms with E-state index in [1.54, 1.807) is 0 Å². The van der Waals surface area contributed by atoms with Gasteiger partial charge < -0.3 is 14.6 Å². The van der Waals surface area contributed by atoms with E-state index >= 15 is 0 Å². The quantitative estimate of drug-likeness (QED) is 0.631. The Bertz CT molecular complexity index is 817. The van der Waals surface area contributed by atoms with Crippen molar-refractivity contribution in [3.8, 4) is 17.0 Å². The Morgan fingerprint density at radius 3 is 2.95 bits per heavy atom. The van der Waals surface area contributed by atoms with Crippen molar-refractivity contribution in [1.82, 2.24) is 10.2 Å². The van der Waals surface area contributed by atoms with E-state index in [1.165, 1.54) is 18.2 Å². The molecular weight excluding hydrogens is 252 g/mol. The van der Waals surface area contributed by atoms with Crippen LogP contribution in [0.4, 0.5) is 0 Å². The zero-order chi connectivity index (χ0) is 13.6. The van der Waals surface area contributed by atoms with Crippen LogP contribution in [0.15, 0.2) is 27.4 Å². The fourth-order valence-corrected chi connectivity index (χ4v) is 2.02. The molecule has 3 rings (SSSR count). The van der Waals surface area contributed by atoms with Gasteiger partial charge in [-0.05, 0) is 18.2 Å². The molecule has 2 aliphatic heterocycles. The van der Waals surface area contributed by atoms with E-state index < -0.39 is 17.9 Å². The number of carboxylic acid groups (broad SMARTS) is 1. The summed E-state index contributed by atoms with van der Waals surface area (Å²) in [6.45, 7) is 0. The van der Waals surface area contributed by atoms with Gasteiger partial charge in [-0.15, -0.1) is 0 Å². The number of nitrogens with one attached hydrogen (secondary N) is 1. The van der Waals surface area contributed by atoms with Crippen molar-refractivity contribution >= 4 is 16.9 Å². The first-order chi connectivity index (χ1) is 9.06. The molecule has 1 aromatic rings. The van der Waals surface area contributed by atoms with Gasteiger partial charge in [-0.3, -0.25) is 9.59 Å². The van der Waals surface area contributed by atoms with Gasteiger partial charge in [-0.1, -0.05) is 0 Å². The maximum atomic E-state index is 11.7. The third kappa shape index (κ3) is 1.71. The van der Waals surface area contributed by atoms with Gasteiger partial charge in [-0.25, -0.2) is 5.10 Å². The molecular formula is C12H8N2O5. The van der Waals surface area contributed by atoms with Crippen molar-refractivity contribution in [2.75, 3.05) is 0 Å². The average molecular weight is 260 g/mol. The Morgan fingerprint density at radius 1 is 1.42 bits per heavy atom. The molecule has 3 N–H and O–H groups in total. The molecule has 0 aromatic heterocycles. The number of H-pyrrole nitrogens is 1. The van der Waals surface area contributed by atoms with Crippen LogP contribution in [0.3, 0.4) is 0 Å². The van der Waals surface area contributed by atoms with Crippen LogP contribution < -0.4 is 5.56 Å². The summed E-state index contributed by atoms with van der Waals surface area (Å²) in [6.07, 6.45) is -0.415. The van der Waals surface area contributed by atoms with Gasteiger partial charge in [0.2, 0.25) is 0 Å². The normalized spacial score (nSPS) is 11.2. The summed E-state index contributed by atoms with van der Waals surface area (Å²) in [5, 5.41) is 24.9. The second-order valence-electron chi connectivity index (χ2n) is 4.05. The fourth-order valence-electron chi connectivity index (χ4n) is 2.02. The summed E-state index contributed by atoms with van der Waals surface area (Å²) >= 11 is 0. The minimum Gasteiger partial charge on any atom is -0.508 e. The van der Waals surface area contributed by atoms with E-state index in [4.69, 9.17) is 9.52 Å². The van der Waals surface area contributed by atoms with Crippen molar-refractivity contribution < 1.29 is 19.4 Å². The summed E-state index contributed by atoms with van der Waals surface area (Å²) in [5.74, 6) is -1.06. The van der Waals surface area contributed by atoms with Crippen molar-refractivity contribution in [3.05, 3.63) is 34.3 Å². The van der Waals surface area contributed by atoms with Crippen LogP contribution in [0.5, 0.6) is 5.75 Å². The highest BCUT2D eigenvalue weighted by atomic mass is 16.4. The first-order valence-electron chi connectivity index (χ1n) is 5.41. The van der Waals surface area contributed by atoms with Crippen molar-refractivity contribution in [3.63, 3.8) is 0 Å². The first kappa shape index (κ1) is 11.3. The van der Waals surface area contributed by atoms with Gasteiger partial charge in [0.1, 0.15) is 34.8 Å². The second-order valence-corrected chi connectivity index (χ2v) is 4.05. The molecule has 0 saturated carbocycles. The van der Waals surface area contributed by atoms with Gasteiger partial charge in [0.25, 0.3) is 5.56 Å². The lowest BCUT2D eigenvalue weighted by atomic mass is 10.1. The van der Waals surface area contributed by atoms with Crippen LogP contribution >= 0.6 is 0 Å². The summed E-state index contributed by atoms with van der Waals surface area (Å²) in [4.78, 5) is 22.5. The fraction of sp³-hybridized carbons (Fsp3) is 0.0833. The van der Waals surface area contributed by atoms with Crippen molar-refractivity contribution in [2.24, 2.45) is 0 Å². The van der Waals surface area contributed by atoms with Crippen molar-refractivity contribution in [1.29, 1.82) is 0 Å². The molecule has 1 aromatic carbocycles. The minimum absolute atomic E-state index is 0.00503. The lowest BCUT2D eigenvalue weighted by Gasteiger charge is -2.07. The number of fused-ring (bicyclic) bond motifs is 3. The predicted molar refractivity (Wildman–Crippen MR) is 64.3 cm³/mol. The Kier molecular flexibility index (Phi) is 2.28. The topological polar surface area (TPSA) is 116 Å². The van der Waals surface area contributed by atoms with Gasteiger partial charge >= 0.3 is 5.97 Å². The number of benzene rings is 1. The predicted octanol–water partition coefficient (Wildman–Crippen LogP) is 0.954. The number of phenolic OH excluding ortho intramolecular Hbond substituents is 1. The molecule has 0 bridgehead atoms. The summed E-state index contributed by atoms with van der Waals surface area (Å²) in [6, 6.07) is 4.31. The third-order valence-corrected chi connectivity index (χ3v) is 2.78. The summed E-state index contributed by atoms with van der Waals surface area (Å²) in [7, 11) is 0. The van der Waals surface area contributed by atoms with Crippen LogP contribution in [0.1, 0.15) is 5.76 Å². The van der Waals surface area contributed by atoms with Crippen LogP contribution in [0.25, 0.3) is 22.2 Å². The maximum absolute atomic E-state index is 11.7. The Labute approximate surface area is 105 Å². The number of nitrogens with zero attached hydrogens (tertiary/aromatic N) is 1. The monoisotopic (exact) mass is 260 g/mol. The lowest BCUT2D eigenvalue weighted by molar-refractivity contribution is -0.136. The van der Waals surface area contributed by atoms with E-state index in [0.717, 1.165) is 0 Å². The number of aromatic hydroxyl groups is 1. The third-order valence-electron chi connectivity index (χ3n) is 2.78. The molecule has 0 unspecified atom stereocenters. The zero-order valence-corrected chi connectivity index (χ0v) is 9.51. The average Bonchev–Trinajstić information content (AvgIpc) is 2.72. The number of aliphatic carboxylic acids is 1. The molecule has 0 atom stereocenters. The largest absolute Gasteiger partial charge is 0.508 e. The van der Waals surface area contributed by atoms with Gasteiger partial charge in [-0.2, -0.15) is 5.10 Å². The Hall–Kier alpha value is -2.83. The molecule has 7 heteroatoms. The van der Waals surface area contributed by atoms with E-state index in [0.29, 0.717) is 16.7 Å². The number of carbonyl (C=O) groups is 1. The van der Waals surface area contributed by atoms with Crippen LogP contribution in [-0.4, -0.2) is 26.4 Å². The SMILES string of the molecule is O=C(O)Cc1oc2ccc(O)cc2c2n[nH]c(=O)c1-2. The van der Waals surface area contributed by atoms with Gasteiger partial charge in [0, 0.05) is 5.39 Å². The Morgan fingerprint density at radius 2 is 2.21 bits per heavy atom. The van der Waals surface area contributed by atoms with Crippen LogP contribution in [0.2, 0.25) is 0 Å². The van der Waals surface area contributed by atoms with E-state index in [2.05, 4.69) is 10.2 Å². The number of hydrogen-bond acceptors (Lipinski definition) is 5. The van der Waals surface area contributed by atoms with E-state index in [1.807, 2.05) is 0 Å². The van der Waals surface area contributed by atoms with Gasteiger partial charge in [0.15, 0.2) is 0 Å². The highest BCUT2D eigenvalue weighted by molar-refractivity contribution is 5.94. The molecule has 0 amide bonds. The number of aromatic amines is 1. The molecule has 19 heavy (non-hydrogen) atoms. The minimum atomic E-state index is -1.11. The van der Waals surface area contributed by atoms with E-state index in [9.17, 15) is 14.7 Å². The maximum Gasteiger partial charge on any atom is 0.311 e. The lowest BCUT2D eigenvalue weighted by Crippen LogP contribution is -2.08. The molecule has 0 fully saturated rings. The van der Waals surface area contributed by atoms with Gasteiger partial charge in [0.05, 0.1) is 0 Å².